The molecule has 0 fully saturated rings. The summed E-state index contributed by atoms with van der Waals surface area (Å²) < 4.78 is 7.40. The van der Waals surface area contributed by atoms with Crippen molar-refractivity contribution in [3.63, 3.8) is 0 Å². The molecular formula is C15H18N2O2. The molecule has 1 aromatic heterocycles. The number of nitrogens with zero attached hydrogens (tertiary/aromatic N) is 2. The molecule has 4 nitrogen and oxygen atoms in total. The number of rotatable bonds is 3. The van der Waals surface area contributed by atoms with Crippen LogP contribution in [0.4, 0.5) is 0 Å². The molecule has 4 heteroatoms. The minimum atomic E-state index is -0.689. The van der Waals surface area contributed by atoms with Crippen molar-refractivity contribution < 1.29 is 9.84 Å². The van der Waals surface area contributed by atoms with Gasteiger partial charge in [-0.2, -0.15) is 5.10 Å². The van der Waals surface area contributed by atoms with Crippen molar-refractivity contribution in [3.05, 3.63) is 46.8 Å². The van der Waals surface area contributed by atoms with Crippen LogP contribution in [0.2, 0.25) is 0 Å². The van der Waals surface area contributed by atoms with Gasteiger partial charge in [0.2, 0.25) is 0 Å². The zero-order chi connectivity index (χ0) is 13.4. The van der Waals surface area contributed by atoms with Crippen molar-refractivity contribution in [2.24, 2.45) is 7.05 Å². The monoisotopic (exact) mass is 258 g/mol. The van der Waals surface area contributed by atoms with E-state index in [0.29, 0.717) is 6.61 Å². The van der Waals surface area contributed by atoms with Gasteiger partial charge in [0.25, 0.3) is 0 Å². The van der Waals surface area contributed by atoms with E-state index >= 15 is 0 Å². The van der Waals surface area contributed by atoms with Crippen LogP contribution in [0.5, 0.6) is 5.75 Å². The number of aromatic nitrogens is 2. The van der Waals surface area contributed by atoms with Gasteiger partial charge in [0.1, 0.15) is 11.9 Å². The summed E-state index contributed by atoms with van der Waals surface area (Å²) in [7, 11) is 1.86. The van der Waals surface area contributed by atoms with Gasteiger partial charge in [-0.3, -0.25) is 4.68 Å². The highest BCUT2D eigenvalue weighted by Gasteiger charge is 2.24. The fourth-order valence-electron chi connectivity index (χ4n) is 2.59. The lowest BCUT2D eigenvalue weighted by Gasteiger charge is -2.14. The summed E-state index contributed by atoms with van der Waals surface area (Å²) in [6, 6.07) is 7.91. The summed E-state index contributed by atoms with van der Waals surface area (Å²) in [5, 5.41) is 15.0. The number of aliphatic hydroxyl groups excluding tert-OH is 1. The quantitative estimate of drug-likeness (QED) is 0.916. The summed E-state index contributed by atoms with van der Waals surface area (Å²) in [6.07, 6.45) is 1.09. The summed E-state index contributed by atoms with van der Waals surface area (Å²) in [5.74, 6) is 0.842. The molecule has 0 radical (unpaired) electrons. The first kappa shape index (κ1) is 12.2. The topological polar surface area (TPSA) is 47.3 Å². The van der Waals surface area contributed by atoms with E-state index in [4.69, 9.17) is 4.74 Å². The first-order valence-corrected chi connectivity index (χ1v) is 6.66. The second-order valence-corrected chi connectivity index (χ2v) is 4.87. The molecule has 1 unspecified atom stereocenters. The predicted molar refractivity (Wildman–Crippen MR) is 72.3 cm³/mol. The Morgan fingerprint density at radius 1 is 1.47 bits per heavy atom. The fourth-order valence-corrected chi connectivity index (χ4v) is 2.59. The molecule has 19 heavy (non-hydrogen) atoms. The molecule has 2 aromatic rings. The minimum absolute atomic E-state index is 0.689. The highest BCUT2D eigenvalue weighted by atomic mass is 16.5. The Morgan fingerprint density at radius 2 is 2.32 bits per heavy atom. The molecule has 0 aliphatic carbocycles. The molecule has 1 atom stereocenters. The second kappa shape index (κ2) is 4.70. The average Bonchev–Trinajstić information content (AvgIpc) is 3.03. The summed E-state index contributed by atoms with van der Waals surface area (Å²) in [4.78, 5) is 0. The van der Waals surface area contributed by atoms with Crippen LogP contribution in [0.3, 0.4) is 0 Å². The third kappa shape index (κ3) is 2.02. The van der Waals surface area contributed by atoms with Gasteiger partial charge in [0.15, 0.2) is 0 Å². The zero-order valence-corrected chi connectivity index (χ0v) is 11.3. The lowest BCUT2D eigenvalue weighted by Crippen LogP contribution is -2.07. The van der Waals surface area contributed by atoms with Gasteiger partial charge in [-0.25, -0.2) is 0 Å². The summed E-state index contributed by atoms with van der Waals surface area (Å²) in [6.45, 7) is 2.76. The van der Waals surface area contributed by atoms with Crippen LogP contribution in [-0.2, 0) is 19.9 Å². The Hall–Kier alpha value is -1.81. The molecular weight excluding hydrogens is 240 g/mol. The number of benzene rings is 1. The van der Waals surface area contributed by atoms with Gasteiger partial charge in [0, 0.05) is 19.0 Å². The van der Waals surface area contributed by atoms with Crippen molar-refractivity contribution in [2.75, 3.05) is 6.61 Å². The van der Waals surface area contributed by atoms with Crippen LogP contribution in [0.25, 0.3) is 0 Å². The largest absolute Gasteiger partial charge is 0.493 e. The normalized spacial score (nSPS) is 15.1. The van der Waals surface area contributed by atoms with E-state index < -0.39 is 6.10 Å². The molecule has 0 saturated heterocycles. The van der Waals surface area contributed by atoms with E-state index in [1.807, 2.05) is 25.2 Å². The molecule has 0 saturated carbocycles. The van der Waals surface area contributed by atoms with E-state index in [9.17, 15) is 5.11 Å². The Bertz CT molecular complexity index is 604. The minimum Gasteiger partial charge on any atom is -0.493 e. The average molecular weight is 258 g/mol. The van der Waals surface area contributed by atoms with Crippen LogP contribution in [-0.4, -0.2) is 21.5 Å². The van der Waals surface area contributed by atoms with Crippen molar-refractivity contribution in [2.45, 2.75) is 25.9 Å². The standard InChI is InChI=1S/C15H18N2O2/c1-3-11-9-13(17(2)16-11)14(18)12-6-4-5-10-7-8-19-15(10)12/h4-6,9,14,18H,3,7-8H2,1-2H3. The van der Waals surface area contributed by atoms with Crippen LogP contribution in [0.1, 0.15) is 35.5 Å². The molecule has 1 aromatic carbocycles. The number of aliphatic hydroxyl groups is 1. The summed E-state index contributed by atoms with van der Waals surface area (Å²) >= 11 is 0. The molecule has 0 amide bonds. The second-order valence-electron chi connectivity index (χ2n) is 4.87. The molecule has 100 valence electrons. The molecule has 2 heterocycles. The van der Waals surface area contributed by atoms with Crippen LogP contribution in [0, 0.1) is 0 Å². The lowest BCUT2D eigenvalue weighted by molar-refractivity contribution is 0.204. The maximum atomic E-state index is 10.6. The number of fused-ring (bicyclic) bond motifs is 1. The van der Waals surface area contributed by atoms with Crippen LogP contribution in [0.15, 0.2) is 24.3 Å². The Kier molecular flexibility index (Phi) is 3.03. The van der Waals surface area contributed by atoms with Gasteiger partial charge in [-0.1, -0.05) is 25.1 Å². The van der Waals surface area contributed by atoms with E-state index in [0.717, 1.165) is 35.5 Å². The molecule has 1 N–H and O–H groups in total. The Balaban J connectivity index is 2.02. The van der Waals surface area contributed by atoms with E-state index in [1.54, 1.807) is 4.68 Å². The fraction of sp³-hybridized carbons (Fsp3) is 0.400. The van der Waals surface area contributed by atoms with Gasteiger partial charge < -0.3 is 9.84 Å². The molecule has 0 spiro atoms. The van der Waals surface area contributed by atoms with E-state index in [2.05, 4.69) is 18.1 Å². The van der Waals surface area contributed by atoms with Gasteiger partial charge >= 0.3 is 0 Å². The van der Waals surface area contributed by atoms with Gasteiger partial charge in [0.05, 0.1) is 18.0 Å². The van der Waals surface area contributed by atoms with Crippen molar-refractivity contribution in [3.8, 4) is 5.75 Å². The third-order valence-corrected chi connectivity index (χ3v) is 3.65. The summed E-state index contributed by atoms with van der Waals surface area (Å²) in [5.41, 5.74) is 3.81. The van der Waals surface area contributed by atoms with Crippen molar-refractivity contribution in [1.29, 1.82) is 0 Å². The predicted octanol–water partition coefficient (Wildman–Crippen LogP) is 2.00. The maximum absolute atomic E-state index is 10.6. The number of ether oxygens (including phenoxy) is 1. The Labute approximate surface area is 112 Å². The molecule has 3 rings (SSSR count). The number of hydrogen-bond acceptors (Lipinski definition) is 3. The van der Waals surface area contributed by atoms with Crippen LogP contribution >= 0.6 is 0 Å². The number of para-hydroxylation sites is 1. The first-order valence-electron chi connectivity index (χ1n) is 6.66. The molecule has 1 aliphatic heterocycles. The SMILES string of the molecule is CCc1cc(C(O)c2cccc3c2OCC3)n(C)n1. The van der Waals surface area contributed by atoms with Gasteiger partial charge in [-0.15, -0.1) is 0 Å². The number of aryl methyl sites for hydroxylation is 2. The van der Waals surface area contributed by atoms with Crippen molar-refractivity contribution >= 4 is 0 Å². The van der Waals surface area contributed by atoms with Crippen molar-refractivity contribution in [1.82, 2.24) is 9.78 Å². The molecule has 1 aliphatic rings. The maximum Gasteiger partial charge on any atom is 0.128 e. The number of hydrogen-bond donors (Lipinski definition) is 1. The van der Waals surface area contributed by atoms with Gasteiger partial charge in [-0.05, 0) is 18.1 Å². The van der Waals surface area contributed by atoms with Crippen LogP contribution < -0.4 is 4.74 Å². The van der Waals surface area contributed by atoms with E-state index in [-0.39, 0.29) is 0 Å². The van der Waals surface area contributed by atoms with E-state index in [1.165, 1.54) is 5.56 Å². The highest BCUT2D eigenvalue weighted by molar-refractivity contribution is 5.47. The lowest BCUT2D eigenvalue weighted by atomic mass is 10.0. The smallest absolute Gasteiger partial charge is 0.128 e. The third-order valence-electron chi connectivity index (χ3n) is 3.65. The highest BCUT2D eigenvalue weighted by Crippen LogP contribution is 2.36. The first-order chi connectivity index (χ1) is 9.20. The Morgan fingerprint density at radius 3 is 3.05 bits per heavy atom. The zero-order valence-electron chi connectivity index (χ0n) is 11.3. The molecule has 0 bridgehead atoms.